The normalized spacial score (nSPS) is 17.0. The zero-order valence-corrected chi connectivity index (χ0v) is 17.1. The molecule has 1 fully saturated rings. The summed E-state index contributed by atoms with van der Waals surface area (Å²) in [7, 11) is 0. The number of aliphatic imine (C=N–C) groups is 1. The second-order valence-corrected chi connectivity index (χ2v) is 6.29. The van der Waals surface area contributed by atoms with Gasteiger partial charge in [0.1, 0.15) is 0 Å². The molecular formula is C16H34IN5O. The zero-order valence-electron chi connectivity index (χ0n) is 14.8. The number of nitrogens with zero attached hydrogens (tertiary/aromatic N) is 2. The van der Waals surface area contributed by atoms with E-state index < -0.39 is 0 Å². The summed E-state index contributed by atoms with van der Waals surface area (Å²) >= 11 is 0. The molecule has 0 aromatic carbocycles. The molecule has 0 atom stereocenters. The van der Waals surface area contributed by atoms with Gasteiger partial charge in [0, 0.05) is 25.0 Å². The Kier molecular flexibility index (Phi) is 12.5. The third kappa shape index (κ3) is 10.0. The predicted molar refractivity (Wildman–Crippen MR) is 107 cm³/mol. The van der Waals surface area contributed by atoms with E-state index in [2.05, 4.69) is 41.3 Å². The van der Waals surface area contributed by atoms with Crippen molar-refractivity contribution < 1.29 is 4.79 Å². The molecule has 0 aromatic rings. The number of rotatable bonds is 8. The molecule has 1 rings (SSSR count). The molecule has 1 aliphatic rings. The van der Waals surface area contributed by atoms with Gasteiger partial charge in [0.2, 0.25) is 5.91 Å². The van der Waals surface area contributed by atoms with Gasteiger partial charge in [0.15, 0.2) is 5.96 Å². The largest absolute Gasteiger partial charge is 0.369 e. The second kappa shape index (κ2) is 12.8. The van der Waals surface area contributed by atoms with Crippen molar-refractivity contribution in [2.45, 2.75) is 52.5 Å². The molecule has 0 radical (unpaired) electrons. The standard InChI is InChI=1S/C16H33N5O.HI/c1-4-18-16(20-13(2)3)19-9-5-6-10-21-11-7-14(8-12-21)15(17)22;/h13-14H,4-12H2,1-3H3,(H2,17,22)(H2,18,19,20);1H. The van der Waals surface area contributed by atoms with Crippen molar-refractivity contribution >= 4 is 35.8 Å². The SMILES string of the molecule is CCNC(=NCCCCN1CCC(C(N)=O)CC1)NC(C)C.I. The van der Waals surface area contributed by atoms with Gasteiger partial charge in [-0.1, -0.05) is 0 Å². The van der Waals surface area contributed by atoms with Gasteiger partial charge in [-0.25, -0.2) is 0 Å². The van der Waals surface area contributed by atoms with Crippen molar-refractivity contribution in [1.82, 2.24) is 15.5 Å². The fraction of sp³-hybridized carbons (Fsp3) is 0.875. The van der Waals surface area contributed by atoms with Gasteiger partial charge >= 0.3 is 0 Å². The minimum absolute atomic E-state index is 0. The number of primary amides is 1. The van der Waals surface area contributed by atoms with Crippen LogP contribution < -0.4 is 16.4 Å². The first kappa shape index (κ1) is 22.4. The number of guanidine groups is 1. The van der Waals surface area contributed by atoms with Crippen LogP contribution in [0.2, 0.25) is 0 Å². The molecule has 136 valence electrons. The molecule has 0 unspecified atom stereocenters. The number of hydrogen-bond acceptors (Lipinski definition) is 3. The Hall–Kier alpha value is -0.570. The van der Waals surface area contributed by atoms with Crippen LogP contribution in [0.25, 0.3) is 0 Å². The summed E-state index contributed by atoms with van der Waals surface area (Å²) in [6.45, 7) is 11.1. The molecule has 1 saturated heterocycles. The van der Waals surface area contributed by atoms with Crippen molar-refractivity contribution in [3.05, 3.63) is 0 Å². The van der Waals surface area contributed by atoms with Crippen LogP contribution in [0.1, 0.15) is 46.5 Å². The maximum absolute atomic E-state index is 11.1. The number of halogens is 1. The van der Waals surface area contributed by atoms with Gasteiger partial charge in [0.05, 0.1) is 0 Å². The third-order valence-corrected chi connectivity index (χ3v) is 3.91. The maximum atomic E-state index is 11.1. The summed E-state index contributed by atoms with van der Waals surface area (Å²) in [5.41, 5.74) is 5.36. The Bertz CT molecular complexity index is 354. The van der Waals surface area contributed by atoms with Gasteiger partial charge in [-0.3, -0.25) is 9.79 Å². The second-order valence-electron chi connectivity index (χ2n) is 6.29. The molecule has 0 saturated carbocycles. The van der Waals surface area contributed by atoms with E-state index in [-0.39, 0.29) is 35.8 Å². The van der Waals surface area contributed by atoms with E-state index in [4.69, 9.17) is 5.73 Å². The number of hydrogen-bond donors (Lipinski definition) is 3. The summed E-state index contributed by atoms with van der Waals surface area (Å²) < 4.78 is 0. The highest BCUT2D eigenvalue weighted by Gasteiger charge is 2.22. The van der Waals surface area contributed by atoms with Crippen LogP contribution in [0.4, 0.5) is 0 Å². The number of unbranched alkanes of at least 4 members (excludes halogenated alkanes) is 1. The Balaban J connectivity index is 0.00000484. The molecule has 0 spiro atoms. The first-order valence-corrected chi connectivity index (χ1v) is 8.59. The minimum atomic E-state index is -0.136. The first-order valence-electron chi connectivity index (χ1n) is 8.59. The molecule has 0 aliphatic carbocycles. The Morgan fingerprint density at radius 2 is 1.96 bits per heavy atom. The van der Waals surface area contributed by atoms with E-state index in [1.54, 1.807) is 0 Å². The van der Waals surface area contributed by atoms with Gasteiger partial charge in [-0.2, -0.15) is 0 Å². The van der Waals surface area contributed by atoms with Crippen molar-refractivity contribution in [2.24, 2.45) is 16.6 Å². The van der Waals surface area contributed by atoms with E-state index in [1.165, 1.54) is 0 Å². The highest BCUT2D eigenvalue weighted by atomic mass is 127. The number of carbonyl (C=O) groups is 1. The highest BCUT2D eigenvalue weighted by Crippen LogP contribution is 2.16. The molecule has 1 heterocycles. The lowest BCUT2D eigenvalue weighted by Crippen LogP contribution is -2.41. The zero-order chi connectivity index (χ0) is 16.4. The molecule has 7 heteroatoms. The first-order chi connectivity index (χ1) is 10.5. The number of likely N-dealkylation sites (tertiary alicyclic amines) is 1. The van der Waals surface area contributed by atoms with E-state index in [0.29, 0.717) is 6.04 Å². The van der Waals surface area contributed by atoms with Gasteiger partial charge < -0.3 is 21.3 Å². The molecule has 4 N–H and O–H groups in total. The van der Waals surface area contributed by atoms with Crippen molar-refractivity contribution in [3.63, 3.8) is 0 Å². The van der Waals surface area contributed by atoms with E-state index in [9.17, 15) is 4.79 Å². The monoisotopic (exact) mass is 439 g/mol. The predicted octanol–water partition coefficient (Wildman–Crippen LogP) is 1.55. The quantitative estimate of drug-likeness (QED) is 0.232. The summed E-state index contributed by atoms with van der Waals surface area (Å²) in [6, 6.07) is 0.393. The van der Waals surface area contributed by atoms with Crippen LogP contribution in [-0.4, -0.2) is 55.5 Å². The molecule has 1 aliphatic heterocycles. The van der Waals surface area contributed by atoms with Crippen LogP contribution in [0, 0.1) is 5.92 Å². The highest BCUT2D eigenvalue weighted by molar-refractivity contribution is 14.0. The van der Waals surface area contributed by atoms with Gasteiger partial charge in [0.25, 0.3) is 0 Å². The number of carbonyl (C=O) groups excluding carboxylic acids is 1. The lowest BCUT2D eigenvalue weighted by Gasteiger charge is -2.30. The fourth-order valence-corrected chi connectivity index (χ4v) is 2.67. The number of nitrogens with two attached hydrogens (primary N) is 1. The Labute approximate surface area is 158 Å². The van der Waals surface area contributed by atoms with Crippen molar-refractivity contribution in [2.75, 3.05) is 32.7 Å². The molecule has 0 bridgehead atoms. The van der Waals surface area contributed by atoms with E-state index in [1.807, 2.05) is 0 Å². The average Bonchev–Trinajstić information content (AvgIpc) is 2.47. The smallest absolute Gasteiger partial charge is 0.220 e. The summed E-state index contributed by atoms with van der Waals surface area (Å²) in [5.74, 6) is 0.855. The van der Waals surface area contributed by atoms with Crippen LogP contribution in [0.15, 0.2) is 4.99 Å². The summed E-state index contributed by atoms with van der Waals surface area (Å²) in [5, 5.41) is 6.58. The Morgan fingerprint density at radius 3 is 2.48 bits per heavy atom. The fourth-order valence-electron chi connectivity index (χ4n) is 2.67. The molecule has 1 amide bonds. The van der Waals surface area contributed by atoms with Gasteiger partial charge in [-0.05, 0) is 66.1 Å². The maximum Gasteiger partial charge on any atom is 0.220 e. The molecule has 6 nitrogen and oxygen atoms in total. The molecular weight excluding hydrogens is 405 g/mol. The minimum Gasteiger partial charge on any atom is -0.369 e. The lowest BCUT2D eigenvalue weighted by atomic mass is 9.96. The van der Waals surface area contributed by atoms with Gasteiger partial charge in [-0.15, -0.1) is 24.0 Å². The summed E-state index contributed by atoms with van der Waals surface area (Å²) in [4.78, 5) is 18.1. The van der Waals surface area contributed by atoms with Crippen LogP contribution in [-0.2, 0) is 4.79 Å². The Morgan fingerprint density at radius 1 is 1.30 bits per heavy atom. The topological polar surface area (TPSA) is 82.8 Å². The number of piperidine rings is 1. The van der Waals surface area contributed by atoms with Crippen LogP contribution in [0.3, 0.4) is 0 Å². The average molecular weight is 439 g/mol. The van der Waals surface area contributed by atoms with E-state index >= 15 is 0 Å². The molecule has 0 aromatic heterocycles. The van der Waals surface area contributed by atoms with Crippen LogP contribution >= 0.6 is 24.0 Å². The van der Waals surface area contributed by atoms with Crippen molar-refractivity contribution in [1.29, 1.82) is 0 Å². The number of nitrogens with one attached hydrogen (secondary N) is 2. The van der Waals surface area contributed by atoms with Crippen molar-refractivity contribution in [3.8, 4) is 0 Å². The van der Waals surface area contributed by atoms with E-state index in [0.717, 1.165) is 64.4 Å². The lowest BCUT2D eigenvalue weighted by molar-refractivity contribution is -0.123. The van der Waals surface area contributed by atoms with Crippen LogP contribution in [0.5, 0.6) is 0 Å². The molecule has 23 heavy (non-hydrogen) atoms. The number of amides is 1. The summed E-state index contributed by atoms with van der Waals surface area (Å²) in [6.07, 6.45) is 4.06. The third-order valence-electron chi connectivity index (χ3n) is 3.91.